The third kappa shape index (κ3) is 2.61. The van der Waals surface area contributed by atoms with Crippen molar-refractivity contribution in [3.8, 4) is 0 Å². The summed E-state index contributed by atoms with van der Waals surface area (Å²) in [5.41, 5.74) is 0. The van der Waals surface area contributed by atoms with E-state index < -0.39 is 0 Å². The highest BCUT2D eigenvalue weighted by Crippen LogP contribution is 2.04. The summed E-state index contributed by atoms with van der Waals surface area (Å²) in [6, 6.07) is 0. The minimum Gasteiger partial charge on any atom is -0.396 e. The topological polar surface area (TPSA) is 37.3 Å². The first kappa shape index (κ1) is 8.63. The third-order valence-electron chi connectivity index (χ3n) is 1.33. The van der Waals surface area contributed by atoms with E-state index >= 15 is 0 Å². The van der Waals surface area contributed by atoms with Crippen molar-refractivity contribution in [1.82, 2.24) is 0 Å². The first-order valence-electron chi connectivity index (χ1n) is 3.24. The van der Waals surface area contributed by atoms with E-state index in [1.807, 2.05) is 13.8 Å². The molecule has 0 spiro atoms. The molecule has 0 fully saturated rings. The van der Waals surface area contributed by atoms with Gasteiger partial charge in [0.25, 0.3) is 0 Å². The SMILES string of the molecule is CC(C)C(=O)[C@H](C)CO. The lowest BCUT2D eigenvalue weighted by molar-refractivity contribution is -0.126. The van der Waals surface area contributed by atoms with Gasteiger partial charge in [0.2, 0.25) is 0 Å². The Labute approximate surface area is 55.9 Å². The average Bonchev–Trinajstić information content (AvgIpc) is 1.84. The van der Waals surface area contributed by atoms with Crippen LogP contribution in [0.2, 0.25) is 0 Å². The number of Topliss-reactive ketones (excluding diaryl/α,β-unsaturated/α-hetero) is 1. The lowest BCUT2D eigenvalue weighted by atomic mass is 9.98. The van der Waals surface area contributed by atoms with Gasteiger partial charge in [-0.3, -0.25) is 4.79 Å². The zero-order valence-corrected chi connectivity index (χ0v) is 6.22. The Bertz CT molecular complexity index is 97.1. The molecule has 0 radical (unpaired) electrons. The van der Waals surface area contributed by atoms with Crippen LogP contribution in [0.3, 0.4) is 0 Å². The molecule has 1 N–H and O–H groups in total. The van der Waals surface area contributed by atoms with E-state index in [9.17, 15) is 4.79 Å². The van der Waals surface area contributed by atoms with Gasteiger partial charge in [-0.15, -0.1) is 0 Å². The number of carbonyl (C=O) groups excluding carboxylic acids is 1. The molecule has 0 bridgehead atoms. The molecule has 0 amide bonds. The highest BCUT2D eigenvalue weighted by Gasteiger charge is 2.14. The maximum Gasteiger partial charge on any atom is 0.140 e. The van der Waals surface area contributed by atoms with Gasteiger partial charge >= 0.3 is 0 Å². The second-order valence-electron chi connectivity index (χ2n) is 2.64. The molecule has 0 rings (SSSR count). The summed E-state index contributed by atoms with van der Waals surface area (Å²) in [5, 5.41) is 8.53. The van der Waals surface area contributed by atoms with E-state index in [1.165, 1.54) is 0 Å². The zero-order valence-electron chi connectivity index (χ0n) is 6.22. The second kappa shape index (κ2) is 3.62. The second-order valence-corrected chi connectivity index (χ2v) is 2.64. The van der Waals surface area contributed by atoms with E-state index in [-0.39, 0.29) is 24.2 Å². The van der Waals surface area contributed by atoms with Gasteiger partial charge in [-0.05, 0) is 0 Å². The summed E-state index contributed by atoms with van der Waals surface area (Å²) in [5.74, 6) is -0.00495. The first-order chi connectivity index (χ1) is 4.09. The molecule has 0 heterocycles. The molecule has 2 heteroatoms. The summed E-state index contributed by atoms with van der Waals surface area (Å²) in [6.07, 6.45) is 0. The Kier molecular flexibility index (Phi) is 3.47. The number of rotatable bonds is 3. The Balaban J connectivity index is 3.73. The molecule has 0 aliphatic rings. The third-order valence-corrected chi connectivity index (χ3v) is 1.33. The minimum absolute atomic E-state index is 0.0307. The average molecular weight is 130 g/mol. The van der Waals surface area contributed by atoms with Crippen molar-refractivity contribution in [2.45, 2.75) is 20.8 Å². The molecule has 2 nitrogen and oxygen atoms in total. The molecule has 0 saturated heterocycles. The number of ketones is 1. The van der Waals surface area contributed by atoms with Crippen molar-refractivity contribution in [2.24, 2.45) is 11.8 Å². The zero-order chi connectivity index (χ0) is 7.44. The van der Waals surface area contributed by atoms with Crippen LogP contribution in [-0.4, -0.2) is 17.5 Å². The molecule has 0 aromatic heterocycles. The molecule has 54 valence electrons. The smallest absolute Gasteiger partial charge is 0.140 e. The maximum absolute atomic E-state index is 10.9. The lowest BCUT2D eigenvalue weighted by Gasteiger charge is -2.08. The molecular formula is C7H14O2. The molecular weight excluding hydrogens is 116 g/mol. The molecule has 0 aliphatic heterocycles. The fourth-order valence-corrected chi connectivity index (χ4v) is 0.659. The highest BCUT2D eigenvalue weighted by atomic mass is 16.3. The fraction of sp³-hybridized carbons (Fsp3) is 0.857. The Hall–Kier alpha value is -0.370. The summed E-state index contributed by atoms with van der Waals surface area (Å²) in [7, 11) is 0. The quantitative estimate of drug-likeness (QED) is 0.614. The Morgan fingerprint density at radius 1 is 1.44 bits per heavy atom. The monoisotopic (exact) mass is 130 g/mol. The van der Waals surface area contributed by atoms with Crippen molar-refractivity contribution in [3.63, 3.8) is 0 Å². The standard InChI is InChI=1S/C7H14O2/c1-5(2)7(9)6(3)4-8/h5-6,8H,4H2,1-3H3/t6-/m1/s1. The van der Waals surface area contributed by atoms with Gasteiger partial charge < -0.3 is 5.11 Å². The van der Waals surface area contributed by atoms with Crippen LogP contribution in [0.1, 0.15) is 20.8 Å². The van der Waals surface area contributed by atoms with Crippen molar-refractivity contribution < 1.29 is 9.90 Å². The molecule has 1 atom stereocenters. The van der Waals surface area contributed by atoms with Crippen LogP contribution >= 0.6 is 0 Å². The molecule has 0 unspecified atom stereocenters. The number of carbonyl (C=O) groups is 1. The predicted octanol–water partition coefficient (Wildman–Crippen LogP) is 0.840. The largest absolute Gasteiger partial charge is 0.396 e. The first-order valence-corrected chi connectivity index (χ1v) is 3.24. The normalized spacial score (nSPS) is 13.9. The van der Waals surface area contributed by atoms with Crippen LogP contribution in [-0.2, 0) is 4.79 Å². The van der Waals surface area contributed by atoms with Gasteiger partial charge in [0.15, 0.2) is 0 Å². The molecule has 0 saturated carbocycles. The van der Waals surface area contributed by atoms with Gasteiger partial charge in [0, 0.05) is 11.8 Å². The number of hydrogen-bond donors (Lipinski definition) is 1. The molecule has 0 aromatic carbocycles. The number of aliphatic hydroxyl groups excluding tert-OH is 1. The van der Waals surface area contributed by atoms with E-state index in [4.69, 9.17) is 5.11 Å². The molecule has 0 aliphatic carbocycles. The van der Waals surface area contributed by atoms with Crippen LogP contribution in [0.25, 0.3) is 0 Å². The summed E-state index contributed by atoms with van der Waals surface area (Å²) >= 11 is 0. The number of hydrogen-bond acceptors (Lipinski definition) is 2. The van der Waals surface area contributed by atoms with Gasteiger partial charge in [0.1, 0.15) is 5.78 Å². The van der Waals surface area contributed by atoms with Crippen molar-refractivity contribution in [3.05, 3.63) is 0 Å². The summed E-state index contributed by atoms with van der Waals surface area (Å²) in [6.45, 7) is 5.39. The Morgan fingerprint density at radius 2 is 1.89 bits per heavy atom. The van der Waals surface area contributed by atoms with Crippen molar-refractivity contribution in [1.29, 1.82) is 0 Å². The van der Waals surface area contributed by atoms with Crippen LogP contribution in [0.5, 0.6) is 0 Å². The van der Waals surface area contributed by atoms with Crippen LogP contribution in [0, 0.1) is 11.8 Å². The van der Waals surface area contributed by atoms with Crippen LogP contribution in [0.15, 0.2) is 0 Å². The molecule has 0 aromatic rings. The van der Waals surface area contributed by atoms with Gasteiger partial charge in [0.05, 0.1) is 6.61 Å². The Morgan fingerprint density at radius 3 is 2.00 bits per heavy atom. The number of aliphatic hydroxyl groups is 1. The minimum atomic E-state index is -0.190. The van der Waals surface area contributed by atoms with E-state index in [0.29, 0.717) is 0 Å². The lowest BCUT2D eigenvalue weighted by Crippen LogP contribution is -2.19. The van der Waals surface area contributed by atoms with E-state index in [0.717, 1.165) is 0 Å². The highest BCUT2D eigenvalue weighted by molar-refractivity contribution is 5.82. The fourth-order valence-electron chi connectivity index (χ4n) is 0.659. The van der Waals surface area contributed by atoms with Crippen LogP contribution < -0.4 is 0 Å². The van der Waals surface area contributed by atoms with Gasteiger partial charge in [-0.1, -0.05) is 20.8 Å². The van der Waals surface area contributed by atoms with E-state index in [2.05, 4.69) is 0 Å². The summed E-state index contributed by atoms with van der Waals surface area (Å²) < 4.78 is 0. The van der Waals surface area contributed by atoms with Gasteiger partial charge in [-0.2, -0.15) is 0 Å². The summed E-state index contributed by atoms with van der Waals surface area (Å²) in [4.78, 5) is 10.9. The predicted molar refractivity (Wildman–Crippen MR) is 36.1 cm³/mol. The maximum atomic E-state index is 10.9. The van der Waals surface area contributed by atoms with Crippen molar-refractivity contribution in [2.75, 3.05) is 6.61 Å². The van der Waals surface area contributed by atoms with Crippen molar-refractivity contribution >= 4 is 5.78 Å². The van der Waals surface area contributed by atoms with E-state index in [1.54, 1.807) is 6.92 Å². The molecule has 9 heavy (non-hydrogen) atoms. The van der Waals surface area contributed by atoms with Gasteiger partial charge in [-0.25, -0.2) is 0 Å². The van der Waals surface area contributed by atoms with Crippen LogP contribution in [0.4, 0.5) is 0 Å².